The SMILES string of the molecule is CNC(c1cc(C)cc(C)c1)c1ncc(OC)nc1OC. The van der Waals surface area contributed by atoms with Crippen molar-refractivity contribution in [2.24, 2.45) is 0 Å². The second-order valence-electron chi connectivity index (χ2n) is 4.95. The van der Waals surface area contributed by atoms with Gasteiger partial charge >= 0.3 is 0 Å². The van der Waals surface area contributed by atoms with E-state index in [-0.39, 0.29) is 6.04 Å². The summed E-state index contributed by atoms with van der Waals surface area (Å²) >= 11 is 0. The smallest absolute Gasteiger partial charge is 0.240 e. The summed E-state index contributed by atoms with van der Waals surface area (Å²) in [6.45, 7) is 4.17. The van der Waals surface area contributed by atoms with Crippen molar-refractivity contribution < 1.29 is 9.47 Å². The minimum atomic E-state index is -0.0862. The highest BCUT2D eigenvalue weighted by Crippen LogP contribution is 2.29. The zero-order valence-corrected chi connectivity index (χ0v) is 13.1. The van der Waals surface area contributed by atoms with Crippen LogP contribution in [0, 0.1) is 13.8 Å². The summed E-state index contributed by atoms with van der Waals surface area (Å²) in [5.41, 5.74) is 4.30. The molecule has 1 unspecified atom stereocenters. The predicted octanol–water partition coefficient (Wildman–Crippen LogP) is 2.42. The molecule has 112 valence electrons. The number of aryl methyl sites for hydroxylation is 2. The molecular formula is C16H21N3O2. The highest BCUT2D eigenvalue weighted by molar-refractivity contribution is 5.38. The van der Waals surface area contributed by atoms with Gasteiger partial charge in [-0.2, -0.15) is 4.98 Å². The molecule has 1 aromatic carbocycles. The number of rotatable bonds is 5. The van der Waals surface area contributed by atoms with Crippen LogP contribution in [0.2, 0.25) is 0 Å². The van der Waals surface area contributed by atoms with Gasteiger partial charge in [-0.3, -0.25) is 0 Å². The maximum Gasteiger partial charge on any atom is 0.240 e. The van der Waals surface area contributed by atoms with Gasteiger partial charge in [-0.15, -0.1) is 0 Å². The maximum atomic E-state index is 5.36. The molecule has 0 aliphatic carbocycles. The summed E-state index contributed by atoms with van der Waals surface area (Å²) in [6.07, 6.45) is 1.60. The molecule has 1 heterocycles. The molecule has 0 aliphatic rings. The van der Waals surface area contributed by atoms with Gasteiger partial charge in [0.2, 0.25) is 11.8 Å². The fraction of sp³-hybridized carbons (Fsp3) is 0.375. The zero-order chi connectivity index (χ0) is 15.4. The molecule has 5 nitrogen and oxygen atoms in total. The number of hydrogen-bond donors (Lipinski definition) is 1. The van der Waals surface area contributed by atoms with Gasteiger partial charge in [0.1, 0.15) is 5.69 Å². The third kappa shape index (κ3) is 3.31. The molecule has 0 saturated carbocycles. The van der Waals surface area contributed by atoms with Crippen molar-refractivity contribution in [3.63, 3.8) is 0 Å². The topological polar surface area (TPSA) is 56.3 Å². The van der Waals surface area contributed by atoms with Crippen molar-refractivity contribution in [2.45, 2.75) is 19.9 Å². The Morgan fingerprint density at radius 2 is 1.71 bits per heavy atom. The summed E-state index contributed by atoms with van der Waals surface area (Å²) in [5, 5.41) is 3.28. The maximum absolute atomic E-state index is 5.36. The average molecular weight is 287 g/mol. The molecule has 0 bridgehead atoms. The van der Waals surface area contributed by atoms with Crippen molar-refractivity contribution in [3.05, 3.63) is 46.8 Å². The molecule has 5 heteroatoms. The molecule has 1 N–H and O–H groups in total. The van der Waals surface area contributed by atoms with Crippen LogP contribution in [-0.4, -0.2) is 31.2 Å². The fourth-order valence-electron chi connectivity index (χ4n) is 2.45. The van der Waals surface area contributed by atoms with Crippen LogP contribution < -0.4 is 14.8 Å². The van der Waals surface area contributed by atoms with Crippen molar-refractivity contribution in [2.75, 3.05) is 21.3 Å². The van der Waals surface area contributed by atoms with E-state index in [0.29, 0.717) is 11.8 Å². The highest BCUT2D eigenvalue weighted by Gasteiger charge is 2.20. The largest absolute Gasteiger partial charge is 0.480 e. The lowest BCUT2D eigenvalue weighted by atomic mass is 9.99. The average Bonchev–Trinajstić information content (AvgIpc) is 2.47. The first kappa shape index (κ1) is 15.3. The van der Waals surface area contributed by atoms with E-state index in [1.165, 1.54) is 11.1 Å². The van der Waals surface area contributed by atoms with Crippen molar-refractivity contribution >= 4 is 0 Å². The number of benzene rings is 1. The lowest BCUT2D eigenvalue weighted by Crippen LogP contribution is -2.20. The van der Waals surface area contributed by atoms with Crippen molar-refractivity contribution in [1.29, 1.82) is 0 Å². The number of nitrogens with zero attached hydrogens (tertiary/aromatic N) is 2. The molecule has 0 saturated heterocycles. The highest BCUT2D eigenvalue weighted by atomic mass is 16.5. The second-order valence-corrected chi connectivity index (χ2v) is 4.95. The summed E-state index contributed by atoms with van der Waals surface area (Å²) in [5.74, 6) is 0.902. The number of hydrogen-bond acceptors (Lipinski definition) is 5. The molecule has 0 fully saturated rings. The van der Waals surface area contributed by atoms with Crippen molar-refractivity contribution in [1.82, 2.24) is 15.3 Å². The lowest BCUT2D eigenvalue weighted by Gasteiger charge is -2.19. The first-order valence-electron chi connectivity index (χ1n) is 6.79. The van der Waals surface area contributed by atoms with Gasteiger partial charge in [-0.25, -0.2) is 4.98 Å². The van der Waals surface area contributed by atoms with Crippen LogP contribution in [0.3, 0.4) is 0 Å². The molecule has 0 spiro atoms. The second kappa shape index (κ2) is 6.54. The minimum Gasteiger partial charge on any atom is -0.480 e. The first-order chi connectivity index (χ1) is 10.1. The number of nitrogens with one attached hydrogen (secondary N) is 1. The van der Waals surface area contributed by atoms with Crippen LogP contribution in [0.15, 0.2) is 24.4 Å². The van der Waals surface area contributed by atoms with E-state index in [9.17, 15) is 0 Å². The molecule has 2 rings (SSSR count). The molecule has 1 aromatic heterocycles. The molecule has 0 radical (unpaired) electrons. The minimum absolute atomic E-state index is 0.0862. The Labute approximate surface area is 125 Å². The van der Waals surface area contributed by atoms with Crippen LogP contribution in [0.4, 0.5) is 0 Å². The van der Waals surface area contributed by atoms with Gasteiger partial charge in [0.15, 0.2) is 0 Å². The van der Waals surface area contributed by atoms with Gasteiger partial charge in [0.25, 0.3) is 0 Å². The third-order valence-corrected chi connectivity index (χ3v) is 3.29. The monoisotopic (exact) mass is 287 g/mol. The number of ether oxygens (including phenoxy) is 2. The van der Waals surface area contributed by atoms with Crippen LogP contribution >= 0.6 is 0 Å². The summed E-state index contributed by atoms with van der Waals surface area (Å²) in [6, 6.07) is 6.34. The van der Waals surface area contributed by atoms with E-state index in [0.717, 1.165) is 11.3 Å². The molecule has 0 aliphatic heterocycles. The Balaban J connectivity index is 2.50. The van der Waals surface area contributed by atoms with Crippen LogP contribution in [0.25, 0.3) is 0 Å². The standard InChI is InChI=1S/C16H21N3O2/c1-10-6-11(2)8-12(7-10)14(17-3)15-16(21-5)19-13(20-4)9-18-15/h6-9,14,17H,1-5H3. The third-order valence-electron chi connectivity index (χ3n) is 3.29. The quantitative estimate of drug-likeness (QED) is 0.915. The Morgan fingerprint density at radius 1 is 1.05 bits per heavy atom. The first-order valence-corrected chi connectivity index (χ1v) is 6.79. The van der Waals surface area contributed by atoms with E-state index >= 15 is 0 Å². The molecule has 0 amide bonds. The van der Waals surface area contributed by atoms with E-state index in [2.05, 4.69) is 47.3 Å². The summed E-state index contributed by atoms with van der Waals surface area (Å²) in [4.78, 5) is 8.75. The Bertz CT molecular complexity index is 609. The molecular weight excluding hydrogens is 266 g/mol. The summed E-state index contributed by atoms with van der Waals surface area (Å²) < 4.78 is 10.5. The molecule has 1 atom stereocenters. The van der Waals surface area contributed by atoms with E-state index in [4.69, 9.17) is 9.47 Å². The van der Waals surface area contributed by atoms with E-state index in [1.54, 1.807) is 20.4 Å². The zero-order valence-electron chi connectivity index (χ0n) is 13.1. The van der Waals surface area contributed by atoms with Gasteiger partial charge in [0, 0.05) is 0 Å². The van der Waals surface area contributed by atoms with E-state index in [1.807, 2.05) is 7.05 Å². The Hall–Kier alpha value is -2.14. The van der Waals surface area contributed by atoms with Gasteiger partial charge < -0.3 is 14.8 Å². The number of methoxy groups -OCH3 is 2. The van der Waals surface area contributed by atoms with Crippen LogP contribution in [0.5, 0.6) is 11.8 Å². The van der Waals surface area contributed by atoms with Gasteiger partial charge in [-0.1, -0.05) is 29.3 Å². The van der Waals surface area contributed by atoms with Crippen molar-refractivity contribution in [3.8, 4) is 11.8 Å². The lowest BCUT2D eigenvalue weighted by molar-refractivity contribution is 0.353. The van der Waals surface area contributed by atoms with Crippen LogP contribution in [0.1, 0.15) is 28.4 Å². The Kier molecular flexibility index (Phi) is 4.75. The van der Waals surface area contributed by atoms with E-state index < -0.39 is 0 Å². The fourth-order valence-corrected chi connectivity index (χ4v) is 2.45. The van der Waals surface area contributed by atoms with Gasteiger partial charge in [0.05, 0.1) is 26.5 Å². The predicted molar refractivity (Wildman–Crippen MR) is 82.0 cm³/mol. The molecule has 2 aromatic rings. The Morgan fingerprint density at radius 3 is 2.24 bits per heavy atom. The number of aromatic nitrogens is 2. The van der Waals surface area contributed by atoms with Gasteiger partial charge in [-0.05, 0) is 26.5 Å². The summed E-state index contributed by atoms with van der Waals surface area (Å²) in [7, 11) is 5.04. The normalized spacial score (nSPS) is 12.0. The molecule has 21 heavy (non-hydrogen) atoms. The van der Waals surface area contributed by atoms with Crippen LogP contribution in [-0.2, 0) is 0 Å².